The highest BCUT2D eigenvalue weighted by Gasteiger charge is 2.40. The third-order valence-electron chi connectivity index (χ3n) is 5.68. The minimum atomic E-state index is -0.910. The first-order valence-corrected chi connectivity index (χ1v) is 9.91. The third-order valence-corrected chi connectivity index (χ3v) is 5.92. The van der Waals surface area contributed by atoms with Crippen LogP contribution in [0.2, 0.25) is 5.02 Å². The van der Waals surface area contributed by atoms with Crippen LogP contribution in [0, 0.1) is 0 Å². The quantitative estimate of drug-likeness (QED) is 0.792. The normalized spacial score (nSPS) is 19.9. The highest BCUT2D eigenvalue weighted by molar-refractivity contribution is 6.30. The molecular weight excluding hydrogens is 352 g/mol. The topological polar surface area (TPSA) is 81.4 Å². The van der Waals surface area contributed by atoms with Gasteiger partial charge in [0.25, 0.3) is 5.91 Å². The van der Waals surface area contributed by atoms with E-state index < -0.39 is 11.4 Å². The fourth-order valence-corrected chi connectivity index (χ4v) is 4.42. The fourth-order valence-electron chi connectivity index (χ4n) is 4.24. The molecule has 142 valence electrons. The van der Waals surface area contributed by atoms with E-state index in [4.69, 9.17) is 22.1 Å². The molecule has 1 aromatic carbocycles. The number of nitrogens with two attached hydrogens (primary N) is 1. The molecule has 2 aliphatic carbocycles. The number of hydrogen-bond donors (Lipinski definition) is 2. The molecule has 2 aliphatic rings. The summed E-state index contributed by atoms with van der Waals surface area (Å²) in [6.45, 7) is -0.129. The Morgan fingerprint density at radius 1 is 1.15 bits per heavy atom. The van der Waals surface area contributed by atoms with Gasteiger partial charge in [0.1, 0.15) is 11.3 Å². The number of hydrogen-bond acceptors (Lipinski definition) is 3. The third kappa shape index (κ3) is 4.32. The van der Waals surface area contributed by atoms with Crippen molar-refractivity contribution in [3.63, 3.8) is 0 Å². The first-order valence-electron chi connectivity index (χ1n) is 9.53. The molecule has 0 spiro atoms. The van der Waals surface area contributed by atoms with E-state index >= 15 is 0 Å². The summed E-state index contributed by atoms with van der Waals surface area (Å²) < 4.78 is 5.82. The number of rotatable bonds is 6. The van der Waals surface area contributed by atoms with Crippen molar-refractivity contribution in [3.05, 3.63) is 28.8 Å². The molecule has 0 heterocycles. The highest BCUT2D eigenvalue weighted by Crippen LogP contribution is 2.38. The number of carbonyl (C=O) groups is 2. The van der Waals surface area contributed by atoms with E-state index in [1.54, 1.807) is 6.07 Å². The Morgan fingerprint density at radius 3 is 2.50 bits per heavy atom. The molecule has 6 heteroatoms. The molecule has 2 fully saturated rings. The van der Waals surface area contributed by atoms with Crippen molar-refractivity contribution in [2.45, 2.75) is 69.2 Å². The van der Waals surface area contributed by atoms with Crippen molar-refractivity contribution in [2.75, 3.05) is 6.61 Å². The number of carbonyl (C=O) groups excluding carboxylic acids is 2. The monoisotopic (exact) mass is 378 g/mol. The van der Waals surface area contributed by atoms with Gasteiger partial charge in [0, 0.05) is 5.02 Å². The maximum atomic E-state index is 12.4. The van der Waals surface area contributed by atoms with Crippen LogP contribution < -0.4 is 15.8 Å². The van der Waals surface area contributed by atoms with Gasteiger partial charge in [-0.15, -0.1) is 0 Å². The SMILES string of the molecule is NC(=O)C1(NC(=O)COc2ccc(Cl)cc2C2CCCCC2)CCCC1. The van der Waals surface area contributed by atoms with Gasteiger partial charge in [0.2, 0.25) is 5.91 Å². The number of nitrogens with one attached hydrogen (secondary N) is 1. The molecule has 0 radical (unpaired) electrons. The molecular formula is C20H27ClN2O3. The fraction of sp³-hybridized carbons (Fsp3) is 0.600. The Hall–Kier alpha value is -1.75. The molecule has 0 saturated heterocycles. The van der Waals surface area contributed by atoms with Crippen molar-refractivity contribution < 1.29 is 14.3 Å². The van der Waals surface area contributed by atoms with Gasteiger partial charge < -0.3 is 15.8 Å². The van der Waals surface area contributed by atoms with Crippen molar-refractivity contribution >= 4 is 23.4 Å². The number of primary amides is 1. The average Bonchev–Trinajstić information content (AvgIpc) is 3.11. The standard InChI is InChI=1S/C20H27ClN2O3/c21-15-8-9-17(16(12-15)14-6-2-1-3-7-14)26-13-18(24)23-20(19(22)25)10-4-5-11-20/h8-9,12,14H,1-7,10-11,13H2,(H2,22,25)(H,23,24). The molecule has 0 bridgehead atoms. The molecule has 3 N–H and O–H groups in total. The first-order chi connectivity index (χ1) is 12.5. The summed E-state index contributed by atoms with van der Waals surface area (Å²) in [7, 11) is 0. The summed E-state index contributed by atoms with van der Waals surface area (Å²) in [5.74, 6) is 0.358. The van der Waals surface area contributed by atoms with E-state index in [9.17, 15) is 9.59 Å². The lowest BCUT2D eigenvalue weighted by Gasteiger charge is -2.27. The molecule has 0 aromatic heterocycles. The van der Waals surface area contributed by atoms with Crippen LogP contribution in [0.5, 0.6) is 5.75 Å². The minimum Gasteiger partial charge on any atom is -0.483 e. The number of amides is 2. The molecule has 0 aliphatic heterocycles. The van der Waals surface area contributed by atoms with Gasteiger partial charge in [0.05, 0.1) is 0 Å². The second kappa shape index (κ2) is 8.30. The van der Waals surface area contributed by atoms with Crippen LogP contribution in [0.1, 0.15) is 69.3 Å². The lowest BCUT2D eigenvalue weighted by Crippen LogP contribution is -2.56. The predicted octanol–water partition coefficient (Wildman–Crippen LogP) is 3.68. The van der Waals surface area contributed by atoms with Crippen LogP contribution in [0.4, 0.5) is 0 Å². The zero-order valence-corrected chi connectivity index (χ0v) is 15.8. The number of ether oxygens (including phenoxy) is 1. The highest BCUT2D eigenvalue weighted by atomic mass is 35.5. The number of halogens is 1. The second-order valence-electron chi connectivity index (χ2n) is 7.51. The van der Waals surface area contributed by atoms with Gasteiger partial charge in [0.15, 0.2) is 6.61 Å². The van der Waals surface area contributed by atoms with Gasteiger partial charge in [-0.25, -0.2) is 0 Å². The van der Waals surface area contributed by atoms with Crippen molar-refractivity contribution in [1.29, 1.82) is 0 Å². The van der Waals surface area contributed by atoms with E-state index in [2.05, 4.69) is 5.32 Å². The Bertz CT molecular complexity index is 665. The van der Waals surface area contributed by atoms with Gasteiger partial charge >= 0.3 is 0 Å². The van der Waals surface area contributed by atoms with Crippen LogP contribution in [0.3, 0.4) is 0 Å². The minimum absolute atomic E-state index is 0.129. The van der Waals surface area contributed by atoms with E-state index in [-0.39, 0.29) is 12.5 Å². The van der Waals surface area contributed by atoms with Gasteiger partial charge in [-0.1, -0.05) is 43.7 Å². The van der Waals surface area contributed by atoms with E-state index in [0.717, 1.165) is 31.2 Å². The maximum absolute atomic E-state index is 12.4. The molecule has 5 nitrogen and oxygen atoms in total. The summed E-state index contributed by atoms with van der Waals surface area (Å²) in [6.07, 6.45) is 8.91. The Labute approximate surface area is 159 Å². The number of benzene rings is 1. The van der Waals surface area contributed by atoms with E-state index in [1.165, 1.54) is 19.3 Å². The lowest BCUT2D eigenvalue weighted by atomic mass is 9.84. The van der Waals surface area contributed by atoms with Gasteiger partial charge in [-0.2, -0.15) is 0 Å². The summed E-state index contributed by atoms with van der Waals surface area (Å²) in [4.78, 5) is 24.1. The van der Waals surface area contributed by atoms with Gasteiger partial charge in [-0.3, -0.25) is 9.59 Å². The molecule has 0 unspecified atom stereocenters. The predicted molar refractivity (Wildman–Crippen MR) is 101 cm³/mol. The maximum Gasteiger partial charge on any atom is 0.258 e. The average molecular weight is 379 g/mol. The van der Waals surface area contributed by atoms with Crippen molar-refractivity contribution in [1.82, 2.24) is 5.32 Å². The molecule has 1 aromatic rings. The molecule has 3 rings (SSSR count). The van der Waals surface area contributed by atoms with Crippen LogP contribution >= 0.6 is 11.6 Å². The Balaban J connectivity index is 1.65. The molecule has 2 amide bonds. The second-order valence-corrected chi connectivity index (χ2v) is 7.94. The van der Waals surface area contributed by atoms with Gasteiger partial charge in [-0.05, 0) is 55.4 Å². The Kier molecular flexibility index (Phi) is 6.07. The van der Waals surface area contributed by atoms with Crippen LogP contribution in [-0.2, 0) is 9.59 Å². The van der Waals surface area contributed by atoms with E-state index in [0.29, 0.717) is 29.5 Å². The smallest absolute Gasteiger partial charge is 0.258 e. The zero-order valence-electron chi connectivity index (χ0n) is 15.1. The molecule has 26 heavy (non-hydrogen) atoms. The largest absolute Gasteiger partial charge is 0.483 e. The molecule has 2 saturated carbocycles. The summed E-state index contributed by atoms with van der Waals surface area (Å²) in [5, 5.41) is 3.49. The van der Waals surface area contributed by atoms with Crippen LogP contribution in [0.25, 0.3) is 0 Å². The summed E-state index contributed by atoms with van der Waals surface area (Å²) in [6, 6.07) is 5.56. The zero-order chi connectivity index (χ0) is 18.6. The Morgan fingerprint density at radius 2 is 1.85 bits per heavy atom. The van der Waals surface area contributed by atoms with Crippen LogP contribution in [-0.4, -0.2) is 24.0 Å². The van der Waals surface area contributed by atoms with Crippen molar-refractivity contribution in [3.8, 4) is 5.75 Å². The first kappa shape index (κ1) is 19.0. The molecule has 0 atom stereocenters. The lowest BCUT2D eigenvalue weighted by molar-refractivity contribution is -0.132. The summed E-state index contributed by atoms with van der Waals surface area (Å²) in [5.41, 5.74) is 5.69. The van der Waals surface area contributed by atoms with Crippen LogP contribution in [0.15, 0.2) is 18.2 Å². The van der Waals surface area contributed by atoms with Crippen molar-refractivity contribution in [2.24, 2.45) is 5.73 Å². The summed E-state index contributed by atoms with van der Waals surface area (Å²) >= 11 is 6.18. The van der Waals surface area contributed by atoms with E-state index in [1.807, 2.05) is 12.1 Å².